The van der Waals surface area contributed by atoms with Crippen molar-refractivity contribution < 1.29 is 29.0 Å². The SMILES string of the molecule is CCC(C)(C)C(=O)OCCCC(=O)OCc1ccc(C(=O)[O-])cc1. The molecule has 0 aliphatic carbocycles. The normalized spacial score (nSPS) is 11.0. The third-order valence-corrected chi connectivity index (χ3v) is 3.78. The van der Waals surface area contributed by atoms with Gasteiger partial charge < -0.3 is 19.4 Å². The molecule has 0 atom stereocenters. The van der Waals surface area contributed by atoms with Gasteiger partial charge in [-0.15, -0.1) is 0 Å². The van der Waals surface area contributed by atoms with E-state index in [1.807, 2.05) is 20.8 Å². The molecule has 0 spiro atoms. The van der Waals surface area contributed by atoms with E-state index in [9.17, 15) is 19.5 Å². The maximum Gasteiger partial charge on any atom is 0.311 e. The van der Waals surface area contributed by atoms with E-state index in [0.717, 1.165) is 0 Å². The van der Waals surface area contributed by atoms with Crippen LogP contribution in [-0.2, 0) is 25.7 Å². The van der Waals surface area contributed by atoms with Gasteiger partial charge in [0.25, 0.3) is 0 Å². The molecule has 0 radical (unpaired) electrons. The monoisotopic (exact) mass is 335 g/mol. The zero-order valence-corrected chi connectivity index (χ0v) is 14.3. The van der Waals surface area contributed by atoms with Crippen LogP contribution in [0.5, 0.6) is 0 Å². The second-order valence-electron chi connectivity index (χ2n) is 6.12. The second-order valence-corrected chi connectivity index (χ2v) is 6.12. The summed E-state index contributed by atoms with van der Waals surface area (Å²) >= 11 is 0. The first-order valence-corrected chi connectivity index (χ1v) is 7.89. The highest BCUT2D eigenvalue weighted by atomic mass is 16.5. The number of ether oxygens (including phenoxy) is 2. The van der Waals surface area contributed by atoms with Gasteiger partial charge in [-0.2, -0.15) is 0 Å². The van der Waals surface area contributed by atoms with Gasteiger partial charge in [-0.25, -0.2) is 0 Å². The Morgan fingerprint density at radius 3 is 2.25 bits per heavy atom. The zero-order valence-electron chi connectivity index (χ0n) is 14.3. The number of carbonyl (C=O) groups is 3. The summed E-state index contributed by atoms with van der Waals surface area (Å²) in [5, 5.41) is 10.6. The Morgan fingerprint density at radius 1 is 1.08 bits per heavy atom. The largest absolute Gasteiger partial charge is 0.545 e. The fourth-order valence-corrected chi connectivity index (χ4v) is 1.69. The molecule has 24 heavy (non-hydrogen) atoms. The smallest absolute Gasteiger partial charge is 0.311 e. The zero-order chi connectivity index (χ0) is 18.2. The molecular weight excluding hydrogens is 312 g/mol. The molecule has 1 aromatic rings. The van der Waals surface area contributed by atoms with Crippen LogP contribution in [0.2, 0.25) is 0 Å². The average Bonchev–Trinajstić information content (AvgIpc) is 2.56. The van der Waals surface area contributed by atoms with E-state index in [4.69, 9.17) is 9.47 Å². The van der Waals surface area contributed by atoms with Crippen LogP contribution < -0.4 is 5.11 Å². The fraction of sp³-hybridized carbons (Fsp3) is 0.500. The number of benzene rings is 1. The summed E-state index contributed by atoms with van der Waals surface area (Å²) in [5.41, 5.74) is 0.240. The van der Waals surface area contributed by atoms with Crippen LogP contribution in [0.15, 0.2) is 24.3 Å². The number of carbonyl (C=O) groups excluding carboxylic acids is 3. The maximum atomic E-state index is 11.7. The average molecular weight is 335 g/mol. The summed E-state index contributed by atoms with van der Waals surface area (Å²) in [6.45, 7) is 5.79. The Labute approximate surface area is 141 Å². The van der Waals surface area contributed by atoms with Crippen molar-refractivity contribution in [3.8, 4) is 0 Å². The number of esters is 2. The second kappa shape index (κ2) is 9.05. The van der Waals surface area contributed by atoms with Crippen LogP contribution in [0.25, 0.3) is 0 Å². The number of carboxylic acid groups (broad SMARTS) is 1. The molecular formula is C18H23O6-. The van der Waals surface area contributed by atoms with E-state index in [1.54, 1.807) is 12.1 Å². The lowest BCUT2D eigenvalue weighted by Gasteiger charge is -2.20. The predicted molar refractivity (Wildman–Crippen MR) is 84.8 cm³/mol. The number of rotatable bonds is 9. The number of hydrogen-bond acceptors (Lipinski definition) is 6. The summed E-state index contributed by atoms with van der Waals surface area (Å²) in [4.78, 5) is 34.0. The lowest BCUT2D eigenvalue weighted by atomic mass is 9.91. The highest BCUT2D eigenvalue weighted by Crippen LogP contribution is 2.21. The minimum atomic E-state index is -1.25. The van der Waals surface area contributed by atoms with Crippen molar-refractivity contribution in [2.45, 2.75) is 46.6 Å². The molecule has 6 heteroatoms. The Morgan fingerprint density at radius 2 is 1.71 bits per heavy atom. The third-order valence-electron chi connectivity index (χ3n) is 3.78. The molecule has 1 rings (SSSR count). The predicted octanol–water partition coefficient (Wildman–Crippen LogP) is 1.85. The molecule has 132 valence electrons. The molecule has 0 fully saturated rings. The first-order valence-electron chi connectivity index (χ1n) is 7.89. The van der Waals surface area contributed by atoms with Crippen molar-refractivity contribution in [3.05, 3.63) is 35.4 Å². The topological polar surface area (TPSA) is 92.7 Å². The van der Waals surface area contributed by atoms with Crippen molar-refractivity contribution in [2.24, 2.45) is 5.41 Å². The van der Waals surface area contributed by atoms with Crippen LogP contribution in [0.3, 0.4) is 0 Å². The molecule has 0 aliphatic heterocycles. The Hall–Kier alpha value is -2.37. The van der Waals surface area contributed by atoms with E-state index in [0.29, 0.717) is 18.4 Å². The van der Waals surface area contributed by atoms with Gasteiger partial charge >= 0.3 is 11.9 Å². The molecule has 0 N–H and O–H groups in total. The van der Waals surface area contributed by atoms with Crippen molar-refractivity contribution in [2.75, 3.05) is 6.61 Å². The molecule has 1 aromatic carbocycles. The van der Waals surface area contributed by atoms with Gasteiger partial charge in [0.1, 0.15) is 6.61 Å². The minimum Gasteiger partial charge on any atom is -0.545 e. The summed E-state index contributed by atoms with van der Waals surface area (Å²) in [6, 6.07) is 5.92. The summed E-state index contributed by atoms with van der Waals surface area (Å²) in [6.07, 6.45) is 1.23. The van der Waals surface area contributed by atoms with Gasteiger partial charge in [0, 0.05) is 6.42 Å². The minimum absolute atomic E-state index is 0.0643. The molecule has 0 aromatic heterocycles. The van der Waals surface area contributed by atoms with E-state index < -0.39 is 17.4 Å². The standard InChI is InChI=1S/C18H24O6/c1-4-18(2,3)17(22)23-11-5-6-15(19)24-12-13-7-9-14(10-8-13)16(20)21/h7-10H,4-6,11-12H2,1-3H3,(H,20,21)/p-1. The van der Waals surface area contributed by atoms with Gasteiger partial charge in [0.2, 0.25) is 0 Å². The molecule has 0 aliphatic rings. The molecule has 6 nitrogen and oxygen atoms in total. The van der Waals surface area contributed by atoms with Crippen LogP contribution in [-0.4, -0.2) is 24.5 Å². The molecule has 0 saturated carbocycles. The summed E-state index contributed by atoms with van der Waals surface area (Å²) in [7, 11) is 0. The molecule has 0 unspecified atom stereocenters. The van der Waals surface area contributed by atoms with Crippen LogP contribution in [0.1, 0.15) is 56.0 Å². The summed E-state index contributed by atoms with van der Waals surface area (Å²) in [5.74, 6) is -1.92. The van der Waals surface area contributed by atoms with Crippen molar-refractivity contribution in [1.82, 2.24) is 0 Å². The number of aromatic carboxylic acids is 1. The molecule has 0 saturated heterocycles. The van der Waals surface area contributed by atoms with E-state index in [1.165, 1.54) is 12.1 Å². The van der Waals surface area contributed by atoms with E-state index in [2.05, 4.69) is 0 Å². The van der Waals surface area contributed by atoms with Gasteiger partial charge in [-0.1, -0.05) is 31.2 Å². The van der Waals surface area contributed by atoms with Gasteiger partial charge in [0.15, 0.2) is 0 Å². The van der Waals surface area contributed by atoms with Gasteiger partial charge in [-0.3, -0.25) is 9.59 Å². The van der Waals surface area contributed by atoms with Crippen LogP contribution in [0.4, 0.5) is 0 Å². The van der Waals surface area contributed by atoms with Crippen LogP contribution >= 0.6 is 0 Å². The Bertz CT molecular complexity index is 574. The van der Waals surface area contributed by atoms with Crippen molar-refractivity contribution >= 4 is 17.9 Å². The number of hydrogen-bond donors (Lipinski definition) is 0. The quantitative estimate of drug-likeness (QED) is 0.505. The Kier molecular flexibility index (Phi) is 7.42. The lowest BCUT2D eigenvalue weighted by molar-refractivity contribution is -0.255. The first-order chi connectivity index (χ1) is 11.3. The van der Waals surface area contributed by atoms with Crippen LogP contribution in [0, 0.1) is 5.41 Å². The highest BCUT2D eigenvalue weighted by molar-refractivity contribution is 5.85. The highest BCUT2D eigenvalue weighted by Gasteiger charge is 2.26. The number of carboxylic acids is 1. The first kappa shape index (κ1) is 19.7. The molecule has 0 amide bonds. The summed E-state index contributed by atoms with van der Waals surface area (Å²) < 4.78 is 10.2. The molecule has 0 bridgehead atoms. The van der Waals surface area contributed by atoms with Gasteiger partial charge in [-0.05, 0) is 37.8 Å². The van der Waals surface area contributed by atoms with E-state index in [-0.39, 0.29) is 31.2 Å². The third kappa shape index (κ3) is 6.40. The van der Waals surface area contributed by atoms with Crippen molar-refractivity contribution in [3.63, 3.8) is 0 Å². The van der Waals surface area contributed by atoms with Crippen molar-refractivity contribution in [1.29, 1.82) is 0 Å². The maximum absolute atomic E-state index is 11.7. The molecule has 0 heterocycles. The lowest BCUT2D eigenvalue weighted by Crippen LogP contribution is -2.26. The van der Waals surface area contributed by atoms with Gasteiger partial charge in [0.05, 0.1) is 18.0 Å². The van der Waals surface area contributed by atoms with E-state index >= 15 is 0 Å². The fourth-order valence-electron chi connectivity index (χ4n) is 1.69. The Balaban J connectivity index is 2.25.